The van der Waals surface area contributed by atoms with Crippen molar-refractivity contribution in [3.05, 3.63) is 52.3 Å². The standard InChI is InChI=1S/C22H21N3O5S2/c1-29-16-10-15-18(11-17(16)30-2)32-22(24(15)8-9-31-3)23-19(26)12-25-20(27)13-6-4-5-7-14(13)21(25)28/h4-7,10-11H,8-9,12H2,1-3H3. The summed E-state index contributed by atoms with van der Waals surface area (Å²) >= 11 is 3.02. The molecule has 0 spiro atoms. The van der Waals surface area contributed by atoms with Gasteiger partial charge in [-0.1, -0.05) is 23.5 Å². The van der Waals surface area contributed by atoms with E-state index in [4.69, 9.17) is 9.47 Å². The maximum atomic E-state index is 12.8. The largest absolute Gasteiger partial charge is 0.493 e. The molecule has 0 saturated carbocycles. The van der Waals surface area contributed by atoms with E-state index in [0.29, 0.717) is 34.0 Å². The van der Waals surface area contributed by atoms with Crippen molar-refractivity contribution in [2.75, 3.05) is 32.8 Å². The fourth-order valence-electron chi connectivity index (χ4n) is 3.54. The van der Waals surface area contributed by atoms with Gasteiger partial charge in [-0.15, -0.1) is 0 Å². The van der Waals surface area contributed by atoms with E-state index in [9.17, 15) is 14.4 Å². The summed E-state index contributed by atoms with van der Waals surface area (Å²) in [5.74, 6) is 0.468. The van der Waals surface area contributed by atoms with Gasteiger partial charge in [0.15, 0.2) is 16.3 Å². The fraction of sp³-hybridized carbons (Fsp3) is 0.273. The van der Waals surface area contributed by atoms with E-state index in [1.54, 1.807) is 50.2 Å². The van der Waals surface area contributed by atoms with Crippen molar-refractivity contribution < 1.29 is 23.9 Å². The Labute approximate surface area is 192 Å². The summed E-state index contributed by atoms with van der Waals surface area (Å²) in [6.45, 7) is 0.228. The lowest BCUT2D eigenvalue weighted by Crippen LogP contribution is -2.35. The Balaban J connectivity index is 1.70. The van der Waals surface area contributed by atoms with Crippen LogP contribution < -0.4 is 14.3 Å². The summed E-state index contributed by atoms with van der Waals surface area (Å²) < 4.78 is 13.6. The van der Waals surface area contributed by atoms with E-state index in [-0.39, 0.29) is 0 Å². The van der Waals surface area contributed by atoms with Gasteiger partial charge in [0.2, 0.25) is 0 Å². The minimum absolute atomic E-state index is 0.307. The van der Waals surface area contributed by atoms with Gasteiger partial charge in [0, 0.05) is 24.4 Å². The number of amides is 3. The van der Waals surface area contributed by atoms with Crippen molar-refractivity contribution >= 4 is 51.0 Å². The van der Waals surface area contributed by atoms with Gasteiger partial charge in [-0.2, -0.15) is 16.8 Å². The molecule has 8 nitrogen and oxygen atoms in total. The first-order valence-electron chi connectivity index (χ1n) is 9.75. The summed E-state index contributed by atoms with van der Waals surface area (Å²) in [7, 11) is 3.13. The Bertz CT molecular complexity index is 1260. The molecule has 2 aromatic carbocycles. The molecular formula is C22H21N3O5S2. The van der Waals surface area contributed by atoms with E-state index < -0.39 is 24.3 Å². The molecule has 0 atom stereocenters. The smallest absolute Gasteiger partial charge is 0.268 e. The maximum Gasteiger partial charge on any atom is 0.268 e. The molecule has 3 amide bonds. The predicted molar refractivity (Wildman–Crippen MR) is 124 cm³/mol. The molecule has 10 heteroatoms. The number of carbonyl (C=O) groups excluding carboxylic acids is 3. The van der Waals surface area contributed by atoms with Gasteiger partial charge in [-0.25, -0.2) is 0 Å². The first-order valence-corrected chi connectivity index (χ1v) is 12.0. The van der Waals surface area contributed by atoms with Crippen LogP contribution in [0.4, 0.5) is 0 Å². The van der Waals surface area contributed by atoms with Gasteiger partial charge >= 0.3 is 0 Å². The van der Waals surface area contributed by atoms with Crippen LogP contribution >= 0.6 is 23.1 Å². The minimum atomic E-state index is -0.567. The number of aryl methyl sites for hydroxylation is 1. The zero-order valence-electron chi connectivity index (χ0n) is 17.8. The zero-order chi connectivity index (χ0) is 22.8. The number of rotatable bonds is 7. The summed E-state index contributed by atoms with van der Waals surface area (Å²) in [6, 6.07) is 10.3. The number of carbonyl (C=O) groups is 3. The molecule has 0 bridgehead atoms. The summed E-state index contributed by atoms with van der Waals surface area (Å²) in [5, 5.41) is 0. The number of benzene rings is 2. The Hall–Kier alpha value is -3.11. The average Bonchev–Trinajstić information content (AvgIpc) is 3.25. The quantitative estimate of drug-likeness (QED) is 0.492. The number of fused-ring (bicyclic) bond motifs is 2. The van der Waals surface area contributed by atoms with Crippen molar-refractivity contribution in [3.63, 3.8) is 0 Å². The van der Waals surface area contributed by atoms with Gasteiger partial charge in [-0.05, 0) is 18.4 Å². The third-order valence-electron chi connectivity index (χ3n) is 5.10. The molecule has 166 valence electrons. The van der Waals surface area contributed by atoms with Crippen LogP contribution in [0.1, 0.15) is 20.7 Å². The zero-order valence-corrected chi connectivity index (χ0v) is 19.4. The molecule has 0 N–H and O–H groups in total. The minimum Gasteiger partial charge on any atom is -0.493 e. The lowest BCUT2D eigenvalue weighted by molar-refractivity contribution is -0.118. The van der Waals surface area contributed by atoms with Crippen LogP contribution in [0.5, 0.6) is 11.5 Å². The Morgan fingerprint density at radius 1 is 1.06 bits per heavy atom. The predicted octanol–water partition coefficient (Wildman–Crippen LogP) is 2.81. The van der Waals surface area contributed by atoms with E-state index in [2.05, 4.69) is 4.99 Å². The number of ether oxygens (including phenoxy) is 2. The van der Waals surface area contributed by atoms with Crippen molar-refractivity contribution in [2.45, 2.75) is 6.54 Å². The van der Waals surface area contributed by atoms with Gasteiger partial charge < -0.3 is 14.0 Å². The van der Waals surface area contributed by atoms with Gasteiger partial charge in [0.1, 0.15) is 6.54 Å². The Morgan fingerprint density at radius 3 is 2.28 bits per heavy atom. The topological polar surface area (TPSA) is 90.2 Å². The maximum absolute atomic E-state index is 12.8. The van der Waals surface area contributed by atoms with Crippen LogP contribution in [0.25, 0.3) is 10.2 Å². The molecule has 1 aromatic heterocycles. The summed E-state index contributed by atoms with van der Waals surface area (Å²) in [4.78, 5) is 43.6. The third kappa shape index (κ3) is 3.91. The normalized spacial score (nSPS) is 13.7. The van der Waals surface area contributed by atoms with Crippen molar-refractivity contribution in [1.82, 2.24) is 9.47 Å². The van der Waals surface area contributed by atoms with Crippen molar-refractivity contribution in [3.8, 4) is 11.5 Å². The molecule has 4 rings (SSSR count). The summed E-state index contributed by atoms with van der Waals surface area (Å²) in [5.41, 5.74) is 1.48. The molecule has 0 radical (unpaired) electrons. The molecule has 3 aromatic rings. The van der Waals surface area contributed by atoms with E-state index in [1.165, 1.54) is 11.3 Å². The van der Waals surface area contributed by atoms with Gasteiger partial charge in [-0.3, -0.25) is 19.3 Å². The lowest BCUT2D eigenvalue weighted by Gasteiger charge is -2.11. The third-order valence-corrected chi connectivity index (χ3v) is 6.73. The number of hydrogen-bond acceptors (Lipinski definition) is 7. The van der Waals surface area contributed by atoms with Crippen LogP contribution in [0.15, 0.2) is 41.4 Å². The highest BCUT2D eigenvalue weighted by molar-refractivity contribution is 7.98. The van der Waals surface area contributed by atoms with Gasteiger partial charge in [0.25, 0.3) is 17.7 Å². The number of nitrogens with zero attached hydrogens (tertiary/aromatic N) is 3. The second kappa shape index (κ2) is 9.17. The highest BCUT2D eigenvalue weighted by Gasteiger charge is 2.36. The molecule has 0 aliphatic carbocycles. The molecule has 0 unspecified atom stereocenters. The molecule has 1 aliphatic heterocycles. The second-order valence-corrected chi connectivity index (χ2v) is 8.95. The second-order valence-electron chi connectivity index (χ2n) is 6.95. The number of thioether (sulfide) groups is 1. The Morgan fingerprint density at radius 2 is 1.69 bits per heavy atom. The van der Waals surface area contributed by atoms with Crippen molar-refractivity contribution in [1.29, 1.82) is 0 Å². The monoisotopic (exact) mass is 471 g/mol. The Kier molecular flexibility index (Phi) is 6.33. The highest BCUT2D eigenvalue weighted by Crippen LogP contribution is 2.33. The van der Waals surface area contributed by atoms with Crippen molar-refractivity contribution in [2.24, 2.45) is 4.99 Å². The van der Waals surface area contributed by atoms with Crippen LogP contribution in [0, 0.1) is 0 Å². The number of thiazole rings is 1. The number of aromatic nitrogens is 1. The molecular weight excluding hydrogens is 450 g/mol. The average molecular weight is 472 g/mol. The van der Waals surface area contributed by atoms with Crippen LogP contribution in [0.2, 0.25) is 0 Å². The molecule has 32 heavy (non-hydrogen) atoms. The first kappa shape index (κ1) is 22.1. The molecule has 1 aliphatic rings. The van der Waals surface area contributed by atoms with E-state index >= 15 is 0 Å². The number of methoxy groups -OCH3 is 2. The van der Waals surface area contributed by atoms with E-state index in [1.807, 2.05) is 23.0 Å². The fourth-order valence-corrected chi connectivity index (χ4v) is 4.99. The number of hydrogen-bond donors (Lipinski definition) is 0. The van der Waals surface area contributed by atoms with Crippen LogP contribution in [-0.4, -0.2) is 60.0 Å². The van der Waals surface area contributed by atoms with Gasteiger partial charge in [0.05, 0.1) is 35.6 Å². The molecule has 2 heterocycles. The highest BCUT2D eigenvalue weighted by atomic mass is 32.2. The molecule has 0 fully saturated rings. The number of imide groups is 1. The van der Waals surface area contributed by atoms with Crippen LogP contribution in [0.3, 0.4) is 0 Å². The first-order chi connectivity index (χ1) is 15.5. The van der Waals surface area contributed by atoms with E-state index in [0.717, 1.165) is 20.9 Å². The summed E-state index contributed by atoms with van der Waals surface area (Å²) in [6.07, 6.45) is 2.00. The molecule has 0 saturated heterocycles. The van der Waals surface area contributed by atoms with Crippen LogP contribution in [-0.2, 0) is 11.3 Å². The lowest BCUT2D eigenvalue weighted by atomic mass is 10.1. The SMILES string of the molecule is COc1cc2sc(=NC(=O)CN3C(=O)c4ccccc4C3=O)n(CCSC)c2cc1OC.